The van der Waals surface area contributed by atoms with E-state index < -0.39 is 0 Å². The summed E-state index contributed by atoms with van der Waals surface area (Å²) < 4.78 is 10.9. The number of nitrogens with one attached hydrogen (secondary N) is 1. The molecule has 0 atom stereocenters. The molecule has 2 amide bonds. The number of hydrogen-bond donors (Lipinski definition) is 1. The Morgan fingerprint density at radius 2 is 1.78 bits per heavy atom. The molecule has 0 bridgehead atoms. The van der Waals surface area contributed by atoms with Crippen molar-refractivity contribution in [1.29, 1.82) is 0 Å². The summed E-state index contributed by atoms with van der Waals surface area (Å²) in [5, 5.41) is 3.77. The predicted molar refractivity (Wildman–Crippen MR) is 124 cm³/mol. The summed E-state index contributed by atoms with van der Waals surface area (Å²) in [5.41, 5.74) is 2.58. The minimum Gasteiger partial charge on any atom is -0.496 e. The van der Waals surface area contributed by atoms with Crippen molar-refractivity contribution < 1.29 is 19.1 Å². The van der Waals surface area contributed by atoms with Crippen LogP contribution in [0.5, 0.6) is 5.75 Å². The molecule has 0 aromatic heterocycles. The van der Waals surface area contributed by atoms with Crippen molar-refractivity contribution in [2.75, 3.05) is 51.8 Å². The summed E-state index contributed by atoms with van der Waals surface area (Å²) in [4.78, 5) is 30.4. The number of ether oxygens (including phenoxy) is 2. The zero-order valence-electron chi connectivity index (χ0n) is 18.2. The fourth-order valence-corrected chi connectivity index (χ4v) is 4.11. The molecule has 1 fully saturated rings. The summed E-state index contributed by atoms with van der Waals surface area (Å²) >= 11 is 6.28. The number of benzene rings is 2. The molecule has 2 aromatic carbocycles. The maximum Gasteiger partial charge on any atom is 0.278 e. The Kier molecular flexibility index (Phi) is 6.79. The Hall–Kier alpha value is -2.87. The first-order valence-corrected chi connectivity index (χ1v) is 10.9. The zero-order chi connectivity index (χ0) is 22.7. The van der Waals surface area contributed by atoms with Crippen molar-refractivity contribution in [2.45, 2.75) is 6.92 Å². The van der Waals surface area contributed by atoms with Crippen molar-refractivity contribution in [1.82, 2.24) is 9.80 Å². The van der Waals surface area contributed by atoms with Crippen molar-refractivity contribution in [3.63, 3.8) is 0 Å². The van der Waals surface area contributed by atoms with E-state index in [1.165, 1.54) is 4.90 Å². The van der Waals surface area contributed by atoms with Gasteiger partial charge in [-0.15, -0.1) is 0 Å². The van der Waals surface area contributed by atoms with Crippen molar-refractivity contribution in [3.05, 3.63) is 64.3 Å². The van der Waals surface area contributed by atoms with Crippen LogP contribution in [0.3, 0.4) is 0 Å². The molecule has 0 unspecified atom stereocenters. The van der Waals surface area contributed by atoms with Gasteiger partial charge in [0.2, 0.25) is 0 Å². The lowest BCUT2D eigenvalue weighted by atomic mass is 10.0. The first kappa shape index (κ1) is 22.3. The number of methoxy groups -OCH3 is 1. The largest absolute Gasteiger partial charge is 0.496 e. The highest BCUT2D eigenvalue weighted by atomic mass is 35.5. The lowest BCUT2D eigenvalue weighted by Crippen LogP contribution is -2.43. The molecule has 0 aliphatic carbocycles. The Labute approximate surface area is 192 Å². The fraction of sp³-hybridized carbons (Fsp3) is 0.333. The quantitative estimate of drug-likeness (QED) is 0.646. The van der Waals surface area contributed by atoms with Crippen LogP contribution in [0.4, 0.5) is 5.69 Å². The average Bonchev–Trinajstić information content (AvgIpc) is 3.04. The topological polar surface area (TPSA) is 71.1 Å². The van der Waals surface area contributed by atoms with Crippen LogP contribution in [0.15, 0.2) is 48.2 Å². The van der Waals surface area contributed by atoms with Gasteiger partial charge in [0, 0.05) is 42.5 Å². The summed E-state index contributed by atoms with van der Waals surface area (Å²) in [6.07, 6.45) is 0. The molecule has 2 aromatic rings. The molecular weight excluding hydrogens is 430 g/mol. The number of nitrogens with zero attached hydrogens (tertiary/aromatic N) is 2. The van der Waals surface area contributed by atoms with Crippen molar-refractivity contribution in [2.24, 2.45) is 0 Å². The van der Waals surface area contributed by atoms with Gasteiger partial charge >= 0.3 is 0 Å². The van der Waals surface area contributed by atoms with E-state index in [4.69, 9.17) is 21.1 Å². The van der Waals surface area contributed by atoms with E-state index in [1.54, 1.807) is 31.4 Å². The number of carbonyl (C=O) groups is 2. The van der Waals surface area contributed by atoms with Crippen LogP contribution in [0.2, 0.25) is 5.02 Å². The van der Waals surface area contributed by atoms with E-state index in [9.17, 15) is 9.59 Å². The Balaban J connectivity index is 1.69. The number of hydrogen-bond acceptors (Lipinski definition) is 6. The van der Waals surface area contributed by atoms with Gasteiger partial charge < -0.3 is 14.8 Å². The Morgan fingerprint density at radius 3 is 2.53 bits per heavy atom. The third-order valence-corrected chi connectivity index (χ3v) is 6.22. The molecule has 7 nitrogen and oxygen atoms in total. The molecule has 0 spiro atoms. The first-order chi connectivity index (χ1) is 15.5. The molecule has 2 aliphatic heterocycles. The van der Waals surface area contributed by atoms with Gasteiger partial charge in [0.1, 0.15) is 11.4 Å². The van der Waals surface area contributed by atoms with Gasteiger partial charge in [-0.05, 0) is 30.7 Å². The van der Waals surface area contributed by atoms with E-state index >= 15 is 0 Å². The number of carbonyl (C=O) groups excluding carboxylic acids is 2. The number of amides is 2. The summed E-state index contributed by atoms with van der Waals surface area (Å²) in [6.45, 7) is 5.66. The smallest absolute Gasteiger partial charge is 0.278 e. The Morgan fingerprint density at radius 1 is 1.03 bits per heavy atom. The lowest BCUT2D eigenvalue weighted by Gasteiger charge is -2.28. The normalized spacial score (nSPS) is 17.3. The zero-order valence-corrected chi connectivity index (χ0v) is 18.9. The van der Waals surface area contributed by atoms with Crippen LogP contribution in [-0.2, 0) is 14.3 Å². The maximum atomic E-state index is 13.5. The Bertz CT molecular complexity index is 1060. The molecule has 4 rings (SSSR count). The van der Waals surface area contributed by atoms with Crippen LogP contribution in [-0.4, -0.2) is 68.1 Å². The third-order valence-electron chi connectivity index (χ3n) is 5.82. The fourth-order valence-electron chi connectivity index (χ4n) is 3.94. The van der Waals surface area contributed by atoms with Gasteiger partial charge in [0.05, 0.1) is 25.9 Å². The average molecular weight is 456 g/mol. The van der Waals surface area contributed by atoms with Gasteiger partial charge in [-0.2, -0.15) is 0 Å². The molecule has 0 radical (unpaired) electrons. The van der Waals surface area contributed by atoms with Crippen LogP contribution in [0, 0.1) is 6.92 Å². The minimum atomic E-state index is -0.358. The van der Waals surface area contributed by atoms with E-state index in [0.29, 0.717) is 53.9 Å². The van der Waals surface area contributed by atoms with E-state index in [1.807, 2.05) is 25.1 Å². The number of anilines is 1. The number of halogens is 1. The molecule has 2 heterocycles. The van der Waals surface area contributed by atoms with E-state index in [2.05, 4.69) is 10.2 Å². The molecule has 8 heteroatoms. The number of imide groups is 1. The highest BCUT2D eigenvalue weighted by Gasteiger charge is 2.40. The van der Waals surface area contributed by atoms with Crippen LogP contribution in [0.25, 0.3) is 5.57 Å². The first-order valence-electron chi connectivity index (χ1n) is 10.6. The number of para-hydroxylation sites is 1. The predicted octanol–water partition coefficient (Wildman–Crippen LogP) is 3.18. The third kappa shape index (κ3) is 4.37. The highest BCUT2D eigenvalue weighted by Crippen LogP contribution is 2.36. The second-order valence-corrected chi connectivity index (χ2v) is 8.11. The van der Waals surface area contributed by atoms with Crippen LogP contribution >= 0.6 is 11.6 Å². The monoisotopic (exact) mass is 455 g/mol. The molecular formula is C24H26ClN3O4. The van der Waals surface area contributed by atoms with Crippen LogP contribution < -0.4 is 10.1 Å². The maximum absolute atomic E-state index is 13.5. The number of morpholine rings is 1. The van der Waals surface area contributed by atoms with E-state index in [-0.39, 0.29) is 17.5 Å². The SMILES string of the molecule is COc1ccccc1C1=C(Nc2cccc(Cl)c2C)C(=O)N(CCN2CCOCC2)C1=O. The molecule has 1 saturated heterocycles. The molecule has 0 saturated carbocycles. The van der Waals surface area contributed by atoms with Crippen molar-refractivity contribution in [3.8, 4) is 5.75 Å². The van der Waals surface area contributed by atoms with Gasteiger partial charge in [0.15, 0.2) is 0 Å². The second-order valence-electron chi connectivity index (χ2n) is 7.70. The number of rotatable bonds is 7. The summed E-state index contributed by atoms with van der Waals surface area (Å²) in [5.74, 6) is -0.167. The van der Waals surface area contributed by atoms with E-state index in [0.717, 1.165) is 18.7 Å². The standard InChI is InChI=1S/C24H26ClN3O4/c1-16-18(25)7-5-8-19(16)26-22-21(17-6-3-4-9-20(17)31-2)23(29)28(24(22)30)11-10-27-12-14-32-15-13-27/h3-9,26H,10-15H2,1-2H3. The molecule has 32 heavy (non-hydrogen) atoms. The summed E-state index contributed by atoms with van der Waals surface area (Å²) in [7, 11) is 1.55. The van der Waals surface area contributed by atoms with Gasteiger partial charge in [-0.25, -0.2) is 0 Å². The molecule has 2 aliphatic rings. The minimum absolute atomic E-state index is 0.229. The lowest BCUT2D eigenvalue weighted by molar-refractivity contribution is -0.137. The molecule has 168 valence electrons. The van der Waals surface area contributed by atoms with Crippen molar-refractivity contribution >= 4 is 34.7 Å². The van der Waals surface area contributed by atoms with Gasteiger partial charge in [-0.3, -0.25) is 19.4 Å². The van der Waals surface area contributed by atoms with Gasteiger partial charge in [0.25, 0.3) is 11.8 Å². The summed E-state index contributed by atoms with van der Waals surface area (Å²) in [6, 6.07) is 12.6. The second kappa shape index (κ2) is 9.73. The van der Waals surface area contributed by atoms with Crippen LogP contribution in [0.1, 0.15) is 11.1 Å². The van der Waals surface area contributed by atoms with Gasteiger partial charge in [-0.1, -0.05) is 35.9 Å². The highest BCUT2D eigenvalue weighted by molar-refractivity contribution is 6.37. The molecule has 1 N–H and O–H groups in total.